The van der Waals surface area contributed by atoms with Crippen molar-refractivity contribution in [3.05, 3.63) is 128 Å². The lowest BCUT2D eigenvalue weighted by molar-refractivity contribution is 0.0948. The Kier molecular flexibility index (Phi) is 7.31. The number of nitrogens with one attached hydrogen (secondary N) is 1. The molecule has 0 spiro atoms. The number of rotatable bonds is 9. The minimum absolute atomic E-state index is 0.0328. The fraction of sp³-hybridized carbons (Fsp3) is 0.167. The van der Waals surface area contributed by atoms with Crippen LogP contribution in [0, 0.1) is 0 Å². The van der Waals surface area contributed by atoms with Crippen molar-refractivity contribution in [2.24, 2.45) is 0 Å². The number of carbonyl (C=O) groups is 1. The van der Waals surface area contributed by atoms with E-state index in [9.17, 15) is 14.4 Å². The van der Waals surface area contributed by atoms with Gasteiger partial charge in [-0.25, -0.2) is 4.79 Å². The van der Waals surface area contributed by atoms with E-state index < -0.39 is 11.2 Å². The third kappa shape index (κ3) is 5.33. The van der Waals surface area contributed by atoms with Crippen LogP contribution in [0.5, 0.6) is 11.5 Å². The number of ether oxygens (including phenoxy) is 2. The van der Waals surface area contributed by atoms with Gasteiger partial charge in [0.15, 0.2) is 11.5 Å². The fourth-order valence-electron chi connectivity index (χ4n) is 4.43. The highest BCUT2D eigenvalue weighted by atomic mass is 16.5. The van der Waals surface area contributed by atoms with Crippen LogP contribution in [0.25, 0.3) is 10.9 Å². The normalized spacial score (nSPS) is 10.9. The Balaban J connectivity index is 1.51. The molecule has 0 radical (unpaired) electrons. The molecular weight excluding hydrogens is 498 g/mol. The molecule has 0 bridgehead atoms. The summed E-state index contributed by atoms with van der Waals surface area (Å²) in [5.74, 6) is 1.21. The molecule has 198 valence electrons. The van der Waals surface area contributed by atoms with Crippen LogP contribution in [0.4, 0.5) is 0 Å². The smallest absolute Gasteiger partial charge is 0.332 e. The van der Waals surface area contributed by atoms with Gasteiger partial charge in [0.25, 0.3) is 11.5 Å². The molecule has 9 heteroatoms. The summed E-state index contributed by atoms with van der Waals surface area (Å²) in [5, 5.41) is 3.13. The molecule has 5 rings (SSSR count). The second-order valence-corrected chi connectivity index (χ2v) is 8.93. The summed E-state index contributed by atoms with van der Waals surface area (Å²) in [5.41, 5.74) is 1.61. The van der Waals surface area contributed by atoms with Gasteiger partial charge in [-0.15, -0.1) is 0 Å². The highest BCUT2D eigenvalue weighted by Gasteiger charge is 2.18. The largest absolute Gasteiger partial charge is 0.493 e. The average molecular weight is 526 g/mol. The Labute approximate surface area is 223 Å². The highest BCUT2D eigenvalue weighted by Crippen LogP contribution is 2.30. The topological polar surface area (TPSA) is 105 Å². The van der Waals surface area contributed by atoms with Gasteiger partial charge in [-0.3, -0.25) is 18.7 Å². The lowest BCUT2D eigenvalue weighted by Crippen LogP contribution is -2.40. The van der Waals surface area contributed by atoms with E-state index in [1.165, 1.54) is 18.8 Å². The molecule has 3 aromatic carbocycles. The molecule has 0 fully saturated rings. The molecule has 1 amide bonds. The maximum atomic E-state index is 13.7. The van der Waals surface area contributed by atoms with Crippen LogP contribution in [0.15, 0.2) is 99.1 Å². The summed E-state index contributed by atoms with van der Waals surface area (Å²) in [4.78, 5) is 39.8. The van der Waals surface area contributed by atoms with Crippen molar-refractivity contribution >= 4 is 16.8 Å². The van der Waals surface area contributed by atoms with Gasteiger partial charge in [-0.1, -0.05) is 42.5 Å². The van der Waals surface area contributed by atoms with Crippen LogP contribution < -0.4 is 26.0 Å². The molecule has 5 aromatic rings. The van der Waals surface area contributed by atoms with Crippen LogP contribution in [-0.2, 0) is 19.6 Å². The average Bonchev–Trinajstić information content (AvgIpc) is 3.50. The van der Waals surface area contributed by atoms with Crippen LogP contribution in [0.2, 0.25) is 0 Å². The van der Waals surface area contributed by atoms with Crippen LogP contribution in [0.1, 0.15) is 27.2 Å². The SMILES string of the molecule is COc1cc2c(=O)n(Cc3ccc(C(=O)NCc4ccco4)cc3)c(=O)n(Cc3ccccc3)c2cc1OC. The van der Waals surface area contributed by atoms with Gasteiger partial charge in [0.2, 0.25) is 0 Å². The van der Waals surface area contributed by atoms with E-state index in [1.807, 2.05) is 30.3 Å². The van der Waals surface area contributed by atoms with E-state index in [4.69, 9.17) is 13.9 Å². The molecule has 39 heavy (non-hydrogen) atoms. The van der Waals surface area contributed by atoms with E-state index in [0.717, 1.165) is 5.56 Å². The molecule has 0 atom stereocenters. The number of hydrogen-bond donors (Lipinski definition) is 1. The summed E-state index contributed by atoms with van der Waals surface area (Å²) in [6, 6.07) is 23.1. The first-order chi connectivity index (χ1) is 19.0. The van der Waals surface area contributed by atoms with E-state index in [-0.39, 0.29) is 25.5 Å². The highest BCUT2D eigenvalue weighted by molar-refractivity contribution is 5.94. The van der Waals surface area contributed by atoms with E-state index >= 15 is 0 Å². The van der Waals surface area contributed by atoms with Crippen molar-refractivity contribution in [1.82, 2.24) is 14.5 Å². The quantitative estimate of drug-likeness (QED) is 0.314. The van der Waals surface area contributed by atoms with Crippen LogP contribution >= 0.6 is 0 Å². The third-order valence-corrected chi connectivity index (χ3v) is 6.47. The van der Waals surface area contributed by atoms with Gasteiger partial charge in [0.05, 0.1) is 51.0 Å². The Bertz CT molecular complexity index is 1720. The number of methoxy groups -OCH3 is 2. The van der Waals surface area contributed by atoms with Gasteiger partial charge in [-0.05, 0) is 41.5 Å². The number of fused-ring (bicyclic) bond motifs is 1. The minimum atomic E-state index is -0.455. The second-order valence-electron chi connectivity index (χ2n) is 8.93. The zero-order chi connectivity index (χ0) is 27.4. The first-order valence-electron chi connectivity index (χ1n) is 12.3. The Hall–Kier alpha value is -5.05. The lowest BCUT2D eigenvalue weighted by Gasteiger charge is -2.17. The standard InChI is InChI=1S/C30H27N3O6/c1-37-26-15-24-25(16-27(26)38-2)32(18-20-7-4-3-5-8-20)30(36)33(29(24)35)19-21-10-12-22(13-11-21)28(34)31-17-23-9-6-14-39-23/h3-16H,17-19H2,1-2H3,(H,31,34). The Morgan fingerprint density at radius 1 is 0.821 bits per heavy atom. The molecule has 1 N–H and O–H groups in total. The summed E-state index contributed by atoms with van der Waals surface area (Å²) < 4.78 is 18.9. The fourth-order valence-corrected chi connectivity index (χ4v) is 4.43. The van der Waals surface area contributed by atoms with E-state index in [1.54, 1.807) is 59.4 Å². The number of carbonyl (C=O) groups excluding carboxylic acids is 1. The molecule has 0 aliphatic rings. The zero-order valence-electron chi connectivity index (χ0n) is 21.5. The van der Waals surface area contributed by atoms with Crippen LogP contribution in [0.3, 0.4) is 0 Å². The maximum Gasteiger partial charge on any atom is 0.332 e. The number of benzene rings is 3. The van der Waals surface area contributed by atoms with E-state index in [2.05, 4.69) is 5.32 Å². The number of aromatic nitrogens is 2. The summed E-state index contributed by atoms with van der Waals surface area (Å²) in [6.07, 6.45) is 1.55. The number of amides is 1. The molecule has 0 saturated carbocycles. The Morgan fingerprint density at radius 2 is 1.49 bits per heavy atom. The van der Waals surface area contributed by atoms with Crippen molar-refractivity contribution in [2.45, 2.75) is 19.6 Å². The van der Waals surface area contributed by atoms with Crippen molar-refractivity contribution in [2.75, 3.05) is 14.2 Å². The van der Waals surface area contributed by atoms with Crippen molar-refractivity contribution in [1.29, 1.82) is 0 Å². The summed E-state index contributed by atoms with van der Waals surface area (Å²) in [6.45, 7) is 0.570. The van der Waals surface area contributed by atoms with Crippen molar-refractivity contribution in [3.63, 3.8) is 0 Å². The summed E-state index contributed by atoms with van der Waals surface area (Å²) in [7, 11) is 3.00. The molecule has 2 aromatic heterocycles. The zero-order valence-corrected chi connectivity index (χ0v) is 21.5. The molecule has 0 saturated heterocycles. The minimum Gasteiger partial charge on any atom is -0.493 e. The van der Waals surface area contributed by atoms with Crippen molar-refractivity contribution in [3.8, 4) is 11.5 Å². The molecular formula is C30H27N3O6. The molecule has 0 aliphatic carbocycles. The first-order valence-corrected chi connectivity index (χ1v) is 12.3. The van der Waals surface area contributed by atoms with Gasteiger partial charge < -0.3 is 19.2 Å². The van der Waals surface area contributed by atoms with E-state index in [0.29, 0.717) is 39.3 Å². The molecule has 0 aliphatic heterocycles. The van der Waals surface area contributed by atoms with Gasteiger partial charge >= 0.3 is 5.69 Å². The van der Waals surface area contributed by atoms with Gasteiger partial charge in [0.1, 0.15) is 5.76 Å². The lowest BCUT2D eigenvalue weighted by atomic mass is 10.1. The number of hydrogen-bond acceptors (Lipinski definition) is 6. The first kappa shape index (κ1) is 25.6. The number of nitrogens with zero attached hydrogens (tertiary/aromatic N) is 2. The second kappa shape index (κ2) is 11.1. The summed E-state index contributed by atoms with van der Waals surface area (Å²) >= 11 is 0. The Morgan fingerprint density at radius 3 is 2.15 bits per heavy atom. The molecule has 9 nitrogen and oxygen atoms in total. The molecule has 0 unspecified atom stereocenters. The number of furan rings is 1. The van der Waals surface area contributed by atoms with Gasteiger partial charge in [-0.2, -0.15) is 0 Å². The maximum absolute atomic E-state index is 13.7. The van der Waals surface area contributed by atoms with Crippen molar-refractivity contribution < 1.29 is 18.7 Å². The predicted molar refractivity (Wildman–Crippen MR) is 147 cm³/mol. The monoisotopic (exact) mass is 525 g/mol. The molecule has 2 heterocycles. The predicted octanol–water partition coefficient (Wildman–Crippen LogP) is 3.80. The van der Waals surface area contributed by atoms with Gasteiger partial charge in [0, 0.05) is 11.6 Å². The van der Waals surface area contributed by atoms with Crippen LogP contribution in [-0.4, -0.2) is 29.3 Å². The third-order valence-electron chi connectivity index (χ3n) is 6.47.